The molecule has 0 bridgehead atoms. The molecule has 80 valence electrons. The van der Waals surface area contributed by atoms with Crippen LogP contribution in [-0.4, -0.2) is 4.98 Å². The molecule has 3 heterocycles. The maximum atomic E-state index is 4.69. The van der Waals surface area contributed by atoms with Gasteiger partial charge in [0, 0.05) is 4.47 Å². The monoisotopic (exact) mass is 309 g/mol. The number of halogens is 1. The van der Waals surface area contributed by atoms with Crippen molar-refractivity contribution in [2.75, 3.05) is 0 Å². The van der Waals surface area contributed by atoms with Crippen LogP contribution >= 0.6 is 38.6 Å². The molecule has 3 rings (SSSR count). The molecule has 0 aromatic carbocycles. The highest BCUT2D eigenvalue weighted by Gasteiger charge is 2.09. The van der Waals surface area contributed by atoms with Gasteiger partial charge >= 0.3 is 0 Å². The van der Waals surface area contributed by atoms with E-state index in [1.54, 1.807) is 22.7 Å². The van der Waals surface area contributed by atoms with Crippen LogP contribution in [0.15, 0.2) is 33.4 Å². The quantitative estimate of drug-likeness (QED) is 0.609. The average Bonchev–Trinajstić information content (AvgIpc) is 2.85. The topological polar surface area (TPSA) is 12.9 Å². The molecule has 0 aliphatic rings. The van der Waals surface area contributed by atoms with Gasteiger partial charge in [-0.1, -0.05) is 0 Å². The van der Waals surface area contributed by atoms with E-state index >= 15 is 0 Å². The Labute approximate surface area is 110 Å². The van der Waals surface area contributed by atoms with E-state index in [0.29, 0.717) is 0 Å². The fourth-order valence-corrected chi connectivity index (χ4v) is 4.06. The zero-order valence-electron chi connectivity index (χ0n) is 8.53. The molecule has 0 aliphatic heterocycles. The Morgan fingerprint density at radius 2 is 2.00 bits per heavy atom. The molecule has 3 aromatic heterocycles. The van der Waals surface area contributed by atoms with E-state index in [0.717, 1.165) is 15.7 Å². The molecule has 0 aliphatic carbocycles. The molecular formula is C12H8BrNS2. The molecule has 0 radical (unpaired) electrons. The van der Waals surface area contributed by atoms with E-state index in [1.165, 1.54) is 15.1 Å². The van der Waals surface area contributed by atoms with Crippen molar-refractivity contribution in [2.24, 2.45) is 0 Å². The molecule has 0 spiro atoms. The summed E-state index contributed by atoms with van der Waals surface area (Å²) < 4.78 is 2.41. The first kappa shape index (κ1) is 10.4. The van der Waals surface area contributed by atoms with Crippen LogP contribution in [0.25, 0.3) is 20.8 Å². The first-order chi connectivity index (χ1) is 7.75. The molecule has 0 atom stereocenters. The predicted molar refractivity (Wildman–Crippen MR) is 75.4 cm³/mol. The molecule has 1 nitrogen and oxygen atoms in total. The average molecular weight is 310 g/mol. The third-order valence-corrected chi connectivity index (χ3v) is 5.35. The summed E-state index contributed by atoms with van der Waals surface area (Å²) in [5.74, 6) is 0. The van der Waals surface area contributed by atoms with Crippen molar-refractivity contribution in [1.29, 1.82) is 0 Å². The summed E-state index contributed by atoms with van der Waals surface area (Å²) >= 11 is 7.03. The summed E-state index contributed by atoms with van der Waals surface area (Å²) in [6.07, 6.45) is 0. The highest BCUT2D eigenvalue weighted by Crippen LogP contribution is 2.35. The van der Waals surface area contributed by atoms with Crippen LogP contribution in [0.2, 0.25) is 0 Å². The molecule has 0 fully saturated rings. The van der Waals surface area contributed by atoms with Gasteiger partial charge < -0.3 is 0 Å². The second-order valence-electron chi connectivity index (χ2n) is 3.56. The van der Waals surface area contributed by atoms with Crippen molar-refractivity contribution in [3.05, 3.63) is 39.0 Å². The van der Waals surface area contributed by atoms with Gasteiger partial charge in [0.1, 0.15) is 0 Å². The maximum Gasteiger partial charge on any atom is 0.0824 e. The van der Waals surface area contributed by atoms with Crippen LogP contribution in [0, 0.1) is 6.92 Å². The van der Waals surface area contributed by atoms with E-state index in [-0.39, 0.29) is 0 Å². The van der Waals surface area contributed by atoms with Gasteiger partial charge in [-0.3, -0.25) is 0 Å². The first-order valence-electron chi connectivity index (χ1n) is 4.84. The van der Waals surface area contributed by atoms with Crippen LogP contribution in [0.1, 0.15) is 5.56 Å². The molecule has 0 amide bonds. The highest BCUT2D eigenvalue weighted by atomic mass is 79.9. The number of nitrogens with zero attached hydrogens (tertiary/aromatic N) is 1. The zero-order valence-corrected chi connectivity index (χ0v) is 11.7. The lowest BCUT2D eigenvalue weighted by atomic mass is 10.2. The number of thiophene rings is 2. The van der Waals surface area contributed by atoms with Crippen molar-refractivity contribution >= 4 is 48.8 Å². The molecular weight excluding hydrogens is 302 g/mol. The third-order valence-electron chi connectivity index (χ3n) is 2.45. The summed E-state index contributed by atoms with van der Waals surface area (Å²) in [6, 6.07) is 6.31. The van der Waals surface area contributed by atoms with E-state index < -0.39 is 0 Å². The molecule has 0 saturated heterocycles. The second-order valence-corrected chi connectivity index (χ2v) is 6.24. The molecule has 0 saturated carbocycles. The van der Waals surface area contributed by atoms with Gasteiger partial charge in [-0.2, -0.15) is 0 Å². The summed E-state index contributed by atoms with van der Waals surface area (Å²) in [7, 11) is 0. The minimum Gasteiger partial charge on any atom is -0.246 e. The number of fused-ring (bicyclic) bond motifs is 1. The van der Waals surface area contributed by atoms with E-state index in [2.05, 4.69) is 51.8 Å². The number of aryl methyl sites for hydroxylation is 1. The Hall–Kier alpha value is -0.710. The Morgan fingerprint density at radius 3 is 2.75 bits per heavy atom. The lowest BCUT2D eigenvalue weighted by Gasteiger charge is -2.01. The predicted octanol–water partition coefficient (Wildman–Crippen LogP) is 5.10. The smallest absolute Gasteiger partial charge is 0.0824 e. The van der Waals surface area contributed by atoms with Crippen LogP contribution in [0.5, 0.6) is 0 Å². The first-order valence-corrected chi connectivity index (χ1v) is 7.39. The number of rotatable bonds is 1. The standard InChI is InChI=1S/C12H8BrNS2/c1-7-6-10(12-8(13)2-4-16-12)14-9-3-5-15-11(7)9/h2-6H,1H3. The largest absolute Gasteiger partial charge is 0.246 e. The fourth-order valence-electron chi connectivity index (χ4n) is 1.71. The molecule has 16 heavy (non-hydrogen) atoms. The molecule has 0 N–H and O–H groups in total. The maximum absolute atomic E-state index is 4.69. The summed E-state index contributed by atoms with van der Waals surface area (Å²) in [5, 5.41) is 4.17. The van der Waals surface area contributed by atoms with Crippen molar-refractivity contribution in [2.45, 2.75) is 6.92 Å². The third kappa shape index (κ3) is 1.61. The van der Waals surface area contributed by atoms with Crippen LogP contribution in [-0.2, 0) is 0 Å². The van der Waals surface area contributed by atoms with E-state index in [4.69, 9.17) is 4.98 Å². The number of hydrogen-bond acceptors (Lipinski definition) is 3. The lowest BCUT2D eigenvalue weighted by Crippen LogP contribution is -1.84. The fraction of sp³-hybridized carbons (Fsp3) is 0.0833. The van der Waals surface area contributed by atoms with Crippen LogP contribution in [0.3, 0.4) is 0 Å². The Kier molecular flexibility index (Phi) is 2.58. The molecule has 4 heteroatoms. The lowest BCUT2D eigenvalue weighted by molar-refractivity contribution is 1.39. The normalized spacial score (nSPS) is 11.1. The molecule has 0 unspecified atom stereocenters. The van der Waals surface area contributed by atoms with Gasteiger partial charge in [-0.25, -0.2) is 4.98 Å². The minimum absolute atomic E-state index is 1.06. The van der Waals surface area contributed by atoms with Gasteiger partial charge in [0.15, 0.2) is 0 Å². The second kappa shape index (κ2) is 3.95. The van der Waals surface area contributed by atoms with E-state index in [1.807, 2.05) is 0 Å². The van der Waals surface area contributed by atoms with Gasteiger partial charge in [-0.15, -0.1) is 22.7 Å². The summed E-state index contributed by atoms with van der Waals surface area (Å²) in [6.45, 7) is 2.14. The SMILES string of the molecule is Cc1cc(-c2sccc2Br)nc2ccsc12. The number of pyridine rings is 1. The van der Waals surface area contributed by atoms with Crippen molar-refractivity contribution in [3.63, 3.8) is 0 Å². The highest BCUT2D eigenvalue weighted by molar-refractivity contribution is 9.10. The Bertz CT molecular complexity index is 654. The van der Waals surface area contributed by atoms with Gasteiger partial charge in [0.25, 0.3) is 0 Å². The number of hydrogen-bond donors (Lipinski definition) is 0. The molecule has 3 aromatic rings. The Balaban J connectivity index is 2.29. The summed E-state index contributed by atoms with van der Waals surface area (Å²) in [4.78, 5) is 5.90. The zero-order chi connectivity index (χ0) is 11.1. The Morgan fingerprint density at radius 1 is 1.19 bits per heavy atom. The minimum atomic E-state index is 1.06. The van der Waals surface area contributed by atoms with Crippen molar-refractivity contribution in [3.8, 4) is 10.6 Å². The van der Waals surface area contributed by atoms with E-state index in [9.17, 15) is 0 Å². The van der Waals surface area contributed by atoms with Gasteiger partial charge in [-0.05, 0) is 57.4 Å². The number of aromatic nitrogens is 1. The van der Waals surface area contributed by atoms with Gasteiger partial charge in [0.2, 0.25) is 0 Å². The van der Waals surface area contributed by atoms with Crippen molar-refractivity contribution in [1.82, 2.24) is 4.98 Å². The van der Waals surface area contributed by atoms with Gasteiger partial charge in [0.05, 0.1) is 20.8 Å². The van der Waals surface area contributed by atoms with Crippen LogP contribution < -0.4 is 0 Å². The summed E-state index contributed by atoms with van der Waals surface area (Å²) in [5.41, 5.74) is 3.46. The van der Waals surface area contributed by atoms with Crippen LogP contribution in [0.4, 0.5) is 0 Å². The van der Waals surface area contributed by atoms with Crippen molar-refractivity contribution < 1.29 is 0 Å².